The average molecular weight is 455 g/mol. The molecule has 0 heterocycles. The van der Waals surface area contributed by atoms with E-state index in [1.54, 1.807) is 12.1 Å². The van der Waals surface area contributed by atoms with E-state index >= 15 is 0 Å². The summed E-state index contributed by atoms with van der Waals surface area (Å²) in [6.45, 7) is 2.34. The molecule has 1 N–H and O–H groups in total. The number of nitrogens with one attached hydrogen (secondary N) is 1. The van der Waals surface area contributed by atoms with E-state index in [1.165, 1.54) is 35.2 Å². The molecule has 8 heteroatoms. The van der Waals surface area contributed by atoms with Gasteiger partial charge < -0.3 is 4.90 Å². The Hall–Kier alpha value is -1.77. The van der Waals surface area contributed by atoms with Crippen molar-refractivity contribution in [2.45, 2.75) is 37.2 Å². The molecule has 5 nitrogen and oxygen atoms in total. The molecule has 144 valence electrons. The van der Waals surface area contributed by atoms with Gasteiger partial charge in [-0.25, -0.2) is 17.5 Å². The number of carbonyl (C=O) groups is 1. The molecular formula is C19H20BrFN2O3S. The van der Waals surface area contributed by atoms with Gasteiger partial charge in [0.15, 0.2) is 0 Å². The lowest BCUT2D eigenvalue weighted by molar-refractivity contribution is 0.0751. The molecule has 1 amide bonds. The number of nitrogens with zero attached hydrogens (tertiary/aromatic N) is 1. The van der Waals surface area contributed by atoms with Gasteiger partial charge >= 0.3 is 0 Å². The highest BCUT2D eigenvalue weighted by atomic mass is 79.9. The van der Waals surface area contributed by atoms with E-state index in [0.717, 1.165) is 17.3 Å². The Morgan fingerprint density at radius 3 is 2.48 bits per heavy atom. The number of carbonyl (C=O) groups excluding carboxylic acids is 1. The molecule has 1 aliphatic rings. The average Bonchev–Trinajstić information content (AvgIpc) is 3.45. The molecule has 0 spiro atoms. The third-order valence-electron chi connectivity index (χ3n) is 4.35. The highest BCUT2D eigenvalue weighted by molar-refractivity contribution is 9.10. The number of halogens is 2. The lowest BCUT2D eigenvalue weighted by Crippen LogP contribution is -2.31. The zero-order valence-electron chi connectivity index (χ0n) is 14.8. The Morgan fingerprint density at radius 1 is 1.22 bits per heavy atom. The fourth-order valence-corrected chi connectivity index (χ4v) is 4.36. The number of amides is 1. The fourth-order valence-electron chi connectivity index (χ4n) is 2.65. The molecule has 3 rings (SSSR count). The molecule has 0 aromatic heterocycles. The van der Waals surface area contributed by atoms with Gasteiger partial charge in [0.05, 0.1) is 4.90 Å². The van der Waals surface area contributed by atoms with Crippen molar-refractivity contribution >= 4 is 31.9 Å². The minimum Gasteiger partial charge on any atom is -0.334 e. The predicted octanol–water partition coefficient (Wildman–Crippen LogP) is 3.69. The van der Waals surface area contributed by atoms with Crippen LogP contribution in [0.2, 0.25) is 0 Å². The number of sulfonamides is 1. The summed E-state index contributed by atoms with van der Waals surface area (Å²) in [6, 6.07) is 10.4. The van der Waals surface area contributed by atoms with Gasteiger partial charge in [-0.05, 0) is 62.2 Å². The van der Waals surface area contributed by atoms with Crippen LogP contribution in [0.15, 0.2) is 51.8 Å². The molecule has 0 atom stereocenters. The molecule has 2 aromatic rings. The van der Waals surface area contributed by atoms with Crippen molar-refractivity contribution in [2.75, 3.05) is 6.54 Å². The summed E-state index contributed by atoms with van der Waals surface area (Å²) < 4.78 is 41.8. The van der Waals surface area contributed by atoms with E-state index in [2.05, 4.69) is 20.7 Å². The maximum absolute atomic E-state index is 14.0. The minimum atomic E-state index is -3.55. The fraction of sp³-hybridized carbons (Fsp3) is 0.316. The van der Waals surface area contributed by atoms with Crippen molar-refractivity contribution in [3.05, 3.63) is 63.9 Å². The molecule has 0 saturated heterocycles. The van der Waals surface area contributed by atoms with Gasteiger partial charge in [-0.2, -0.15) is 0 Å². The third kappa shape index (κ3) is 4.94. The minimum absolute atomic E-state index is 0.0204. The van der Waals surface area contributed by atoms with Crippen LogP contribution in [0.4, 0.5) is 4.39 Å². The highest BCUT2D eigenvalue weighted by Crippen LogP contribution is 2.23. The lowest BCUT2D eigenvalue weighted by Gasteiger charge is -2.21. The topological polar surface area (TPSA) is 66.5 Å². The van der Waals surface area contributed by atoms with E-state index in [0.29, 0.717) is 17.7 Å². The molecule has 2 aromatic carbocycles. The Balaban J connectivity index is 1.76. The summed E-state index contributed by atoms with van der Waals surface area (Å²) in [5.41, 5.74) is 0.769. The van der Waals surface area contributed by atoms with E-state index < -0.39 is 10.0 Å². The van der Waals surface area contributed by atoms with Crippen LogP contribution in [0, 0.1) is 5.82 Å². The zero-order chi connectivity index (χ0) is 19.6. The monoisotopic (exact) mass is 454 g/mol. The molecule has 0 aliphatic heterocycles. The molecule has 27 heavy (non-hydrogen) atoms. The second-order valence-corrected chi connectivity index (χ2v) is 9.10. The molecule has 0 radical (unpaired) electrons. The van der Waals surface area contributed by atoms with Crippen LogP contribution in [0.1, 0.15) is 35.7 Å². The van der Waals surface area contributed by atoms with Crippen molar-refractivity contribution in [3.63, 3.8) is 0 Å². The van der Waals surface area contributed by atoms with Crippen molar-refractivity contribution in [1.29, 1.82) is 0 Å². The smallest absolute Gasteiger partial charge is 0.254 e. The molecule has 1 saturated carbocycles. The van der Waals surface area contributed by atoms with Gasteiger partial charge in [-0.1, -0.05) is 15.9 Å². The van der Waals surface area contributed by atoms with Crippen LogP contribution in [-0.2, 0) is 16.6 Å². The van der Waals surface area contributed by atoms with Crippen LogP contribution >= 0.6 is 15.9 Å². The number of hydrogen-bond acceptors (Lipinski definition) is 3. The van der Waals surface area contributed by atoms with Gasteiger partial charge in [0.25, 0.3) is 5.91 Å². The van der Waals surface area contributed by atoms with Gasteiger partial charge in [-0.15, -0.1) is 0 Å². The number of rotatable bonds is 7. The van der Waals surface area contributed by atoms with Crippen molar-refractivity contribution in [3.8, 4) is 0 Å². The first-order valence-electron chi connectivity index (χ1n) is 8.65. The third-order valence-corrected chi connectivity index (χ3v) is 6.38. The summed E-state index contributed by atoms with van der Waals surface area (Å²) in [5.74, 6) is -0.659. The first-order valence-corrected chi connectivity index (χ1v) is 10.9. The Morgan fingerprint density at radius 2 is 1.89 bits per heavy atom. The van der Waals surface area contributed by atoms with Gasteiger partial charge in [-0.3, -0.25) is 4.79 Å². The highest BCUT2D eigenvalue weighted by Gasteiger charge is 2.28. The largest absolute Gasteiger partial charge is 0.334 e. The van der Waals surface area contributed by atoms with Crippen molar-refractivity contribution < 1.29 is 17.6 Å². The van der Waals surface area contributed by atoms with Crippen LogP contribution < -0.4 is 4.72 Å². The Labute approximate surface area is 166 Å². The molecular weight excluding hydrogens is 435 g/mol. The molecule has 0 bridgehead atoms. The van der Waals surface area contributed by atoms with Crippen LogP contribution in [-0.4, -0.2) is 31.8 Å². The molecule has 1 fully saturated rings. The van der Waals surface area contributed by atoms with Crippen molar-refractivity contribution in [1.82, 2.24) is 9.62 Å². The standard InChI is InChI=1S/C19H20BrFN2O3S/c1-2-23(12-14-11-15(20)5-10-18(14)21)19(24)13-3-8-17(9-4-13)27(25,26)22-16-6-7-16/h3-5,8-11,16,22H,2,6-7,12H2,1H3. The van der Waals surface area contributed by atoms with Crippen LogP contribution in [0.3, 0.4) is 0 Å². The maximum atomic E-state index is 14.0. The van der Waals surface area contributed by atoms with Gasteiger partial charge in [0.2, 0.25) is 10.0 Å². The van der Waals surface area contributed by atoms with E-state index in [-0.39, 0.29) is 29.2 Å². The van der Waals surface area contributed by atoms with Crippen LogP contribution in [0.5, 0.6) is 0 Å². The summed E-state index contributed by atoms with van der Waals surface area (Å²) >= 11 is 3.31. The summed E-state index contributed by atoms with van der Waals surface area (Å²) in [4.78, 5) is 14.4. The van der Waals surface area contributed by atoms with E-state index in [1.807, 2.05) is 6.92 Å². The first kappa shape index (κ1) is 20.0. The second-order valence-electron chi connectivity index (χ2n) is 6.47. The number of benzene rings is 2. The summed E-state index contributed by atoms with van der Waals surface area (Å²) in [6.07, 6.45) is 1.71. The van der Waals surface area contributed by atoms with Gasteiger partial charge in [0, 0.05) is 34.7 Å². The SMILES string of the molecule is CCN(Cc1cc(Br)ccc1F)C(=O)c1ccc(S(=O)(=O)NC2CC2)cc1. The lowest BCUT2D eigenvalue weighted by atomic mass is 10.1. The summed E-state index contributed by atoms with van der Waals surface area (Å²) in [5, 5.41) is 0. The normalized spacial score (nSPS) is 14.2. The second kappa shape index (κ2) is 8.08. The Kier molecular flexibility index (Phi) is 5.98. The van der Waals surface area contributed by atoms with Crippen molar-refractivity contribution in [2.24, 2.45) is 0 Å². The molecule has 0 unspecified atom stereocenters. The zero-order valence-corrected chi connectivity index (χ0v) is 17.2. The first-order chi connectivity index (χ1) is 12.8. The van der Waals surface area contributed by atoms with Crippen LogP contribution in [0.25, 0.3) is 0 Å². The maximum Gasteiger partial charge on any atom is 0.254 e. The quantitative estimate of drug-likeness (QED) is 0.693. The van der Waals surface area contributed by atoms with E-state index in [9.17, 15) is 17.6 Å². The molecule has 1 aliphatic carbocycles. The van der Waals surface area contributed by atoms with E-state index in [4.69, 9.17) is 0 Å². The van der Waals surface area contributed by atoms with Gasteiger partial charge in [0.1, 0.15) is 5.82 Å². The Bertz CT molecular complexity index is 944. The predicted molar refractivity (Wildman–Crippen MR) is 104 cm³/mol. The number of hydrogen-bond donors (Lipinski definition) is 1. The summed E-state index contributed by atoms with van der Waals surface area (Å²) in [7, 11) is -3.55.